The fraction of sp³-hybridized carbons (Fsp3) is 0.278. The number of phenolic OH excluding ortho intramolecular Hbond substituents is 1. The van der Waals surface area contributed by atoms with Crippen molar-refractivity contribution in [1.29, 1.82) is 0 Å². The summed E-state index contributed by atoms with van der Waals surface area (Å²) >= 11 is 1.55. The van der Waals surface area contributed by atoms with E-state index in [0.29, 0.717) is 5.39 Å². The summed E-state index contributed by atoms with van der Waals surface area (Å²) in [7, 11) is 4.05. The van der Waals surface area contributed by atoms with Crippen LogP contribution in [0, 0.1) is 6.92 Å². The van der Waals surface area contributed by atoms with E-state index in [4.69, 9.17) is 0 Å². The van der Waals surface area contributed by atoms with Gasteiger partial charge in [0.15, 0.2) is 5.43 Å². The monoisotopic (exact) mass is 456 g/mol. The van der Waals surface area contributed by atoms with E-state index in [1.807, 2.05) is 33.2 Å². The first-order chi connectivity index (χ1) is 11.0. The standard InChI is InChI=1S/C18H20N2O2S.HI/c1-11-4-7-14(19-8-9-20(2)3)16-17(22)13-6-5-12(21)10-15(13)23-18(11)16;/h4-7,10,19,21H,8-9H2,1-3H3;1H. The normalized spacial score (nSPS) is 11.0. The molecule has 0 aliphatic carbocycles. The van der Waals surface area contributed by atoms with Gasteiger partial charge in [0.1, 0.15) is 5.75 Å². The molecule has 1 aromatic heterocycles. The number of aromatic hydroxyl groups is 1. The van der Waals surface area contributed by atoms with E-state index in [2.05, 4.69) is 10.2 Å². The summed E-state index contributed by atoms with van der Waals surface area (Å²) in [5.74, 6) is 0.186. The van der Waals surface area contributed by atoms with Crippen LogP contribution in [0.25, 0.3) is 20.2 Å². The van der Waals surface area contributed by atoms with Gasteiger partial charge in [0.05, 0.1) is 5.39 Å². The maximum Gasteiger partial charge on any atom is 0.197 e. The smallest absolute Gasteiger partial charge is 0.197 e. The Hall–Kier alpha value is -1.38. The molecule has 0 fully saturated rings. The molecule has 6 heteroatoms. The molecule has 3 aromatic rings. The Bertz CT molecular complexity index is 938. The third-order valence-electron chi connectivity index (χ3n) is 3.88. The molecule has 2 aromatic carbocycles. The van der Waals surface area contributed by atoms with Crippen LogP contribution in [0.3, 0.4) is 0 Å². The fourth-order valence-electron chi connectivity index (χ4n) is 2.63. The Morgan fingerprint density at radius 3 is 2.67 bits per heavy atom. The molecule has 0 saturated heterocycles. The van der Waals surface area contributed by atoms with Gasteiger partial charge in [0.2, 0.25) is 0 Å². The maximum absolute atomic E-state index is 12.9. The summed E-state index contributed by atoms with van der Waals surface area (Å²) in [5.41, 5.74) is 1.97. The molecule has 24 heavy (non-hydrogen) atoms. The van der Waals surface area contributed by atoms with Crippen LogP contribution in [0.4, 0.5) is 5.69 Å². The highest BCUT2D eigenvalue weighted by molar-refractivity contribution is 14.0. The van der Waals surface area contributed by atoms with Gasteiger partial charge in [-0.15, -0.1) is 35.3 Å². The lowest BCUT2D eigenvalue weighted by Crippen LogP contribution is -2.21. The number of anilines is 1. The van der Waals surface area contributed by atoms with Gasteiger partial charge in [-0.1, -0.05) is 6.07 Å². The lowest BCUT2D eigenvalue weighted by molar-refractivity contribution is 0.425. The second-order valence-corrected chi connectivity index (χ2v) is 7.03. The summed E-state index contributed by atoms with van der Waals surface area (Å²) in [4.78, 5) is 15.0. The summed E-state index contributed by atoms with van der Waals surface area (Å²) in [5, 5.41) is 14.4. The van der Waals surface area contributed by atoms with Crippen LogP contribution in [0.2, 0.25) is 0 Å². The van der Waals surface area contributed by atoms with Crippen LogP contribution in [0.5, 0.6) is 5.75 Å². The Balaban J connectivity index is 0.00000208. The van der Waals surface area contributed by atoms with Crippen LogP contribution in [0.15, 0.2) is 35.1 Å². The summed E-state index contributed by atoms with van der Waals surface area (Å²) < 4.78 is 1.79. The van der Waals surface area contributed by atoms with E-state index >= 15 is 0 Å². The maximum atomic E-state index is 12.9. The van der Waals surface area contributed by atoms with E-state index in [-0.39, 0.29) is 35.2 Å². The minimum absolute atomic E-state index is 0. The summed E-state index contributed by atoms with van der Waals surface area (Å²) in [6.45, 7) is 3.69. The minimum atomic E-state index is 0. The highest BCUT2D eigenvalue weighted by Crippen LogP contribution is 2.32. The Labute approximate surface area is 162 Å². The predicted octanol–water partition coefficient (Wildman–Crippen LogP) is 4.02. The van der Waals surface area contributed by atoms with E-state index in [0.717, 1.165) is 39.1 Å². The average molecular weight is 456 g/mol. The SMILES string of the molecule is Cc1ccc(NCCN(C)C)c2c(=O)c3ccc(O)cc3sc12.I. The molecular weight excluding hydrogens is 435 g/mol. The zero-order valence-corrected chi connectivity index (χ0v) is 17.1. The third-order valence-corrected chi connectivity index (χ3v) is 5.17. The molecule has 0 spiro atoms. The number of hydrogen-bond acceptors (Lipinski definition) is 5. The number of rotatable bonds is 4. The van der Waals surface area contributed by atoms with Crippen LogP contribution >= 0.6 is 35.3 Å². The molecule has 0 aliphatic heterocycles. The molecule has 0 saturated carbocycles. The number of likely N-dealkylation sites (N-methyl/N-ethyl adjacent to an activating group) is 1. The largest absolute Gasteiger partial charge is 0.508 e. The minimum Gasteiger partial charge on any atom is -0.508 e. The van der Waals surface area contributed by atoms with Crippen molar-refractivity contribution in [3.8, 4) is 5.75 Å². The lowest BCUT2D eigenvalue weighted by Gasteiger charge is -2.14. The molecule has 0 bridgehead atoms. The molecule has 0 aliphatic rings. The highest BCUT2D eigenvalue weighted by atomic mass is 127. The highest BCUT2D eigenvalue weighted by Gasteiger charge is 2.12. The summed E-state index contributed by atoms with van der Waals surface area (Å²) in [6, 6.07) is 8.94. The zero-order chi connectivity index (χ0) is 16.6. The molecule has 0 amide bonds. The lowest BCUT2D eigenvalue weighted by atomic mass is 10.1. The van der Waals surface area contributed by atoms with Gasteiger partial charge >= 0.3 is 0 Å². The van der Waals surface area contributed by atoms with E-state index in [9.17, 15) is 9.90 Å². The predicted molar refractivity (Wildman–Crippen MR) is 114 cm³/mol. The number of benzene rings is 2. The molecular formula is C18H21IN2O2S. The molecule has 0 radical (unpaired) electrons. The van der Waals surface area contributed by atoms with E-state index < -0.39 is 0 Å². The first-order valence-corrected chi connectivity index (χ1v) is 8.37. The molecule has 0 atom stereocenters. The van der Waals surface area contributed by atoms with Crippen LogP contribution in [0.1, 0.15) is 5.56 Å². The second kappa shape index (κ2) is 7.67. The van der Waals surface area contributed by atoms with Gasteiger partial charge in [-0.2, -0.15) is 0 Å². The van der Waals surface area contributed by atoms with Crippen LogP contribution < -0.4 is 10.7 Å². The molecule has 128 valence electrons. The van der Waals surface area contributed by atoms with Gasteiger partial charge in [-0.25, -0.2) is 0 Å². The van der Waals surface area contributed by atoms with Crippen LogP contribution in [-0.4, -0.2) is 37.2 Å². The number of hydrogen-bond donors (Lipinski definition) is 2. The van der Waals surface area contributed by atoms with Crippen molar-refractivity contribution in [3.63, 3.8) is 0 Å². The summed E-state index contributed by atoms with van der Waals surface area (Å²) in [6.07, 6.45) is 0. The van der Waals surface area contributed by atoms with Gasteiger partial charge in [0.25, 0.3) is 0 Å². The Morgan fingerprint density at radius 2 is 1.96 bits per heavy atom. The number of nitrogens with one attached hydrogen (secondary N) is 1. The number of aryl methyl sites for hydroxylation is 1. The van der Waals surface area contributed by atoms with Gasteiger partial charge in [0, 0.05) is 33.6 Å². The Morgan fingerprint density at radius 1 is 1.21 bits per heavy atom. The van der Waals surface area contributed by atoms with Crippen LogP contribution in [-0.2, 0) is 0 Å². The zero-order valence-electron chi connectivity index (χ0n) is 13.9. The van der Waals surface area contributed by atoms with Crippen molar-refractivity contribution < 1.29 is 5.11 Å². The molecule has 3 rings (SSSR count). The first-order valence-electron chi connectivity index (χ1n) is 7.55. The number of halogens is 1. The first kappa shape index (κ1) is 19.0. The van der Waals surface area contributed by atoms with Crippen molar-refractivity contribution in [2.45, 2.75) is 6.92 Å². The Kier molecular flexibility index (Phi) is 6.06. The van der Waals surface area contributed by atoms with E-state index in [1.165, 1.54) is 0 Å². The van der Waals surface area contributed by atoms with Crippen molar-refractivity contribution in [2.75, 3.05) is 32.5 Å². The second-order valence-electron chi connectivity index (χ2n) is 5.98. The van der Waals surface area contributed by atoms with E-state index in [1.54, 1.807) is 29.5 Å². The topological polar surface area (TPSA) is 52.6 Å². The number of fused-ring (bicyclic) bond motifs is 2. The molecule has 2 N–H and O–H groups in total. The average Bonchev–Trinajstić information content (AvgIpc) is 2.49. The molecule has 1 heterocycles. The number of nitrogens with zero attached hydrogens (tertiary/aromatic N) is 1. The van der Waals surface area contributed by atoms with Gasteiger partial charge in [-0.05, 0) is 50.8 Å². The molecule has 0 unspecified atom stereocenters. The van der Waals surface area contributed by atoms with Crippen molar-refractivity contribution in [3.05, 3.63) is 46.1 Å². The van der Waals surface area contributed by atoms with Crippen molar-refractivity contribution >= 4 is 61.2 Å². The van der Waals surface area contributed by atoms with Crippen molar-refractivity contribution in [2.24, 2.45) is 0 Å². The quantitative estimate of drug-likeness (QED) is 0.460. The van der Waals surface area contributed by atoms with Gasteiger partial charge < -0.3 is 15.3 Å². The fourth-order valence-corrected chi connectivity index (χ4v) is 3.84. The van der Waals surface area contributed by atoms with Gasteiger partial charge in [-0.3, -0.25) is 4.79 Å². The van der Waals surface area contributed by atoms with Crippen molar-refractivity contribution in [1.82, 2.24) is 4.90 Å². The number of phenols is 1. The molecule has 4 nitrogen and oxygen atoms in total. The third kappa shape index (κ3) is 3.65.